The number of carbonyl (C=O) groups is 1. The molecule has 0 aliphatic carbocycles. The zero-order valence-electron chi connectivity index (χ0n) is 10.6. The van der Waals surface area contributed by atoms with E-state index in [9.17, 15) is 18.0 Å². The Kier molecular flexibility index (Phi) is 5.40. The Morgan fingerprint density at radius 2 is 1.89 bits per heavy atom. The molecular formula is C13H15BrF3NO. The van der Waals surface area contributed by atoms with Crippen molar-refractivity contribution in [2.45, 2.75) is 38.9 Å². The minimum absolute atomic E-state index is 0.114. The lowest BCUT2D eigenvalue weighted by Crippen LogP contribution is -2.35. The summed E-state index contributed by atoms with van der Waals surface area (Å²) in [6, 6.07) is 3.42. The maximum atomic E-state index is 12.9. The van der Waals surface area contributed by atoms with Gasteiger partial charge in [0.1, 0.15) is 0 Å². The second kappa shape index (κ2) is 6.41. The topological polar surface area (TPSA) is 29.1 Å². The Bertz CT molecular complexity index is 456. The van der Waals surface area contributed by atoms with E-state index >= 15 is 0 Å². The number of rotatable bonds is 4. The van der Waals surface area contributed by atoms with Gasteiger partial charge in [0.2, 0.25) is 0 Å². The number of hydrogen-bond acceptors (Lipinski definition) is 1. The molecule has 0 saturated heterocycles. The molecule has 6 heteroatoms. The first-order valence-electron chi connectivity index (χ1n) is 5.97. The summed E-state index contributed by atoms with van der Waals surface area (Å²) < 4.78 is 39.0. The minimum atomic E-state index is -4.55. The molecule has 1 N–H and O–H groups in total. The summed E-state index contributed by atoms with van der Waals surface area (Å²) in [7, 11) is 0. The van der Waals surface area contributed by atoms with Crippen LogP contribution >= 0.6 is 15.9 Å². The number of halogens is 4. The van der Waals surface area contributed by atoms with Crippen LogP contribution in [0.5, 0.6) is 0 Å². The molecule has 0 heterocycles. The first-order valence-corrected chi connectivity index (χ1v) is 6.76. The molecule has 1 rings (SSSR count). The van der Waals surface area contributed by atoms with Crippen LogP contribution in [0.4, 0.5) is 13.2 Å². The van der Waals surface area contributed by atoms with Gasteiger partial charge in [-0.3, -0.25) is 4.79 Å². The van der Waals surface area contributed by atoms with E-state index in [4.69, 9.17) is 0 Å². The largest absolute Gasteiger partial charge is 0.417 e. The molecule has 0 spiro atoms. The van der Waals surface area contributed by atoms with Crippen LogP contribution in [0.15, 0.2) is 22.7 Å². The van der Waals surface area contributed by atoms with Crippen LogP contribution in [0.2, 0.25) is 0 Å². The number of alkyl halides is 3. The minimum Gasteiger partial charge on any atom is -0.349 e. The smallest absolute Gasteiger partial charge is 0.349 e. The Morgan fingerprint density at radius 1 is 1.32 bits per heavy atom. The Labute approximate surface area is 118 Å². The fraction of sp³-hybridized carbons (Fsp3) is 0.462. The zero-order chi connectivity index (χ0) is 14.6. The third kappa shape index (κ3) is 4.23. The lowest BCUT2D eigenvalue weighted by Gasteiger charge is -2.17. The molecule has 0 unspecified atom stereocenters. The van der Waals surface area contributed by atoms with Gasteiger partial charge in [0, 0.05) is 10.5 Å². The van der Waals surface area contributed by atoms with Gasteiger partial charge in [-0.05, 0) is 31.0 Å². The molecule has 19 heavy (non-hydrogen) atoms. The second-order valence-electron chi connectivity index (χ2n) is 4.17. The number of hydrogen-bond donors (Lipinski definition) is 1. The molecular weight excluding hydrogens is 323 g/mol. The van der Waals surface area contributed by atoms with E-state index in [0.29, 0.717) is 17.3 Å². The van der Waals surface area contributed by atoms with Crippen LogP contribution in [-0.4, -0.2) is 11.9 Å². The molecule has 0 aliphatic rings. The third-order valence-corrected chi connectivity index (χ3v) is 3.35. The van der Waals surface area contributed by atoms with Gasteiger partial charge >= 0.3 is 6.18 Å². The standard InChI is InChI=1S/C13H15BrF3NO/c1-3-9(4-2)18-12(19)10-6-5-8(14)7-11(10)13(15,16)17/h5-7,9H,3-4H2,1-2H3,(H,18,19). The van der Waals surface area contributed by atoms with Gasteiger partial charge in [-0.25, -0.2) is 0 Å². The second-order valence-corrected chi connectivity index (χ2v) is 5.09. The highest BCUT2D eigenvalue weighted by Crippen LogP contribution is 2.33. The summed E-state index contributed by atoms with van der Waals surface area (Å²) in [5, 5.41) is 2.61. The monoisotopic (exact) mass is 337 g/mol. The van der Waals surface area contributed by atoms with E-state index < -0.39 is 17.6 Å². The molecule has 0 aliphatic heterocycles. The van der Waals surface area contributed by atoms with Crippen LogP contribution in [0.3, 0.4) is 0 Å². The maximum Gasteiger partial charge on any atom is 0.417 e. The number of nitrogens with one attached hydrogen (secondary N) is 1. The van der Waals surface area contributed by atoms with Crippen LogP contribution in [0.25, 0.3) is 0 Å². The quantitative estimate of drug-likeness (QED) is 0.867. The van der Waals surface area contributed by atoms with Crippen molar-refractivity contribution in [3.8, 4) is 0 Å². The van der Waals surface area contributed by atoms with E-state index in [2.05, 4.69) is 21.2 Å². The Morgan fingerprint density at radius 3 is 2.37 bits per heavy atom. The van der Waals surface area contributed by atoms with E-state index in [0.717, 1.165) is 6.07 Å². The number of amides is 1. The third-order valence-electron chi connectivity index (χ3n) is 2.85. The summed E-state index contributed by atoms with van der Waals surface area (Å²) in [5.41, 5.74) is -1.27. The summed E-state index contributed by atoms with van der Waals surface area (Å²) >= 11 is 2.98. The number of carbonyl (C=O) groups excluding carboxylic acids is 1. The fourth-order valence-corrected chi connectivity index (χ4v) is 2.07. The van der Waals surface area contributed by atoms with Crippen LogP contribution in [-0.2, 0) is 6.18 Å². The van der Waals surface area contributed by atoms with E-state index in [1.54, 1.807) is 0 Å². The van der Waals surface area contributed by atoms with Crippen molar-refractivity contribution < 1.29 is 18.0 Å². The molecule has 0 aromatic heterocycles. The van der Waals surface area contributed by atoms with Gasteiger partial charge in [-0.2, -0.15) is 13.2 Å². The summed E-state index contributed by atoms with van der Waals surface area (Å²) in [4.78, 5) is 11.9. The Balaban J connectivity index is 3.09. The summed E-state index contributed by atoms with van der Waals surface area (Å²) in [5.74, 6) is -0.687. The van der Waals surface area contributed by atoms with Gasteiger partial charge in [-0.1, -0.05) is 29.8 Å². The van der Waals surface area contributed by atoms with Gasteiger partial charge < -0.3 is 5.32 Å². The first kappa shape index (κ1) is 16.0. The van der Waals surface area contributed by atoms with Crippen LogP contribution in [0.1, 0.15) is 42.6 Å². The molecule has 1 aromatic carbocycles. The molecule has 106 valence electrons. The summed E-state index contributed by atoms with van der Waals surface area (Å²) in [6.07, 6.45) is -3.19. The van der Waals surface area contributed by atoms with Crippen molar-refractivity contribution in [2.75, 3.05) is 0 Å². The highest BCUT2D eigenvalue weighted by molar-refractivity contribution is 9.10. The van der Waals surface area contributed by atoms with Crippen LogP contribution < -0.4 is 5.32 Å². The molecule has 0 fully saturated rings. The van der Waals surface area contributed by atoms with E-state index in [1.165, 1.54) is 12.1 Å². The van der Waals surface area contributed by atoms with Gasteiger partial charge in [0.05, 0.1) is 11.1 Å². The highest BCUT2D eigenvalue weighted by Gasteiger charge is 2.35. The lowest BCUT2D eigenvalue weighted by molar-refractivity contribution is -0.138. The lowest BCUT2D eigenvalue weighted by atomic mass is 10.1. The SMILES string of the molecule is CCC(CC)NC(=O)c1ccc(Br)cc1C(F)(F)F. The van der Waals surface area contributed by atoms with Crippen molar-refractivity contribution in [1.82, 2.24) is 5.32 Å². The van der Waals surface area contributed by atoms with Gasteiger partial charge in [-0.15, -0.1) is 0 Å². The molecule has 1 amide bonds. The van der Waals surface area contributed by atoms with E-state index in [-0.39, 0.29) is 11.6 Å². The van der Waals surface area contributed by atoms with Crippen LogP contribution in [0, 0.1) is 0 Å². The van der Waals surface area contributed by atoms with E-state index in [1.807, 2.05) is 13.8 Å². The van der Waals surface area contributed by atoms with Crippen molar-refractivity contribution >= 4 is 21.8 Å². The number of benzene rings is 1. The van der Waals surface area contributed by atoms with Crippen molar-refractivity contribution in [3.05, 3.63) is 33.8 Å². The average Bonchev–Trinajstić information content (AvgIpc) is 2.34. The zero-order valence-corrected chi connectivity index (χ0v) is 12.2. The molecule has 2 nitrogen and oxygen atoms in total. The average molecular weight is 338 g/mol. The fourth-order valence-electron chi connectivity index (χ4n) is 1.70. The molecule has 1 aromatic rings. The Hall–Kier alpha value is -1.04. The van der Waals surface area contributed by atoms with Crippen molar-refractivity contribution in [2.24, 2.45) is 0 Å². The maximum absolute atomic E-state index is 12.9. The molecule has 0 radical (unpaired) electrons. The summed E-state index contributed by atoms with van der Waals surface area (Å²) in [6.45, 7) is 3.75. The van der Waals surface area contributed by atoms with Gasteiger partial charge in [0.25, 0.3) is 5.91 Å². The highest BCUT2D eigenvalue weighted by atomic mass is 79.9. The predicted molar refractivity (Wildman–Crippen MR) is 71.0 cm³/mol. The first-order chi connectivity index (χ1) is 8.79. The van der Waals surface area contributed by atoms with Crippen molar-refractivity contribution in [3.63, 3.8) is 0 Å². The molecule has 0 atom stereocenters. The predicted octanol–water partition coefficient (Wildman–Crippen LogP) is 4.39. The van der Waals surface area contributed by atoms with Gasteiger partial charge in [0.15, 0.2) is 0 Å². The molecule has 0 bridgehead atoms. The molecule has 0 saturated carbocycles. The normalized spacial score (nSPS) is 11.7. The van der Waals surface area contributed by atoms with Crippen molar-refractivity contribution in [1.29, 1.82) is 0 Å².